The fourth-order valence-electron chi connectivity index (χ4n) is 3.00. The van der Waals surface area contributed by atoms with Gasteiger partial charge in [0.2, 0.25) is 0 Å². The molecule has 1 saturated carbocycles. The Hall–Kier alpha value is -3.00. The van der Waals surface area contributed by atoms with Gasteiger partial charge in [-0.05, 0) is 18.2 Å². The van der Waals surface area contributed by atoms with Crippen LogP contribution in [0.1, 0.15) is 18.4 Å². The number of anilines is 1. The van der Waals surface area contributed by atoms with Gasteiger partial charge >= 0.3 is 0 Å². The van der Waals surface area contributed by atoms with E-state index in [2.05, 4.69) is 5.32 Å². The quantitative estimate of drug-likeness (QED) is 0.546. The highest BCUT2D eigenvalue weighted by Crippen LogP contribution is 2.28. The Morgan fingerprint density at radius 1 is 1.30 bits per heavy atom. The Bertz CT molecular complexity index is 837. The number of quaternary nitrogens is 1. The van der Waals surface area contributed by atoms with Gasteiger partial charge in [0.15, 0.2) is 6.54 Å². The van der Waals surface area contributed by atoms with Crippen molar-refractivity contribution < 1.29 is 23.7 Å². The van der Waals surface area contributed by atoms with Crippen molar-refractivity contribution in [3.8, 4) is 5.75 Å². The summed E-state index contributed by atoms with van der Waals surface area (Å²) < 4.78 is 18.2. The van der Waals surface area contributed by atoms with Crippen LogP contribution >= 0.6 is 0 Å². The van der Waals surface area contributed by atoms with Crippen molar-refractivity contribution in [3.05, 3.63) is 64.0 Å². The number of amides is 1. The molecule has 3 rings (SSSR count). The first-order valence-electron chi connectivity index (χ1n) is 8.67. The second kappa shape index (κ2) is 8.13. The van der Waals surface area contributed by atoms with Gasteiger partial charge in [-0.25, -0.2) is 4.39 Å². The fraction of sp³-hybridized carbons (Fsp3) is 0.316. The lowest BCUT2D eigenvalue weighted by molar-refractivity contribution is -0.916. The van der Waals surface area contributed by atoms with Crippen LogP contribution in [0.5, 0.6) is 5.75 Å². The van der Waals surface area contributed by atoms with E-state index in [1.165, 1.54) is 37.4 Å². The zero-order chi connectivity index (χ0) is 19.4. The summed E-state index contributed by atoms with van der Waals surface area (Å²) in [6.45, 7) is 0.887. The lowest BCUT2D eigenvalue weighted by atomic mass is 10.2. The van der Waals surface area contributed by atoms with E-state index in [4.69, 9.17) is 4.74 Å². The largest absolute Gasteiger partial charge is 0.494 e. The van der Waals surface area contributed by atoms with Crippen LogP contribution in [0.15, 0.2) is 42.5 Å². The van der Waals surface area contributed by atoms with Crippen LogP contribution in [0, 0.1) is 15.9 Å². The number of carbonyl (C=O) groups excluding carboxylic acids is 1. The molecule has 1 fully saturated rings. The molecule has 0 aromatic heterocycles. The molecular formula is C19H21FN3O4+. The number of halogens is 1. The van der Waals surface area contributed by atoms with E-state index in [0.29, 0.717) is 18.3 Å². The van der Waals surface area contributed by atoms with E-state index in [0.717, 1.165) is 23.3 Å². The van der Waals surface area contributed by atoms with Gasteiger partial charge in [-0.1, -0.05) is 12.1 Å². The minimum absolute atomic E-state index is 0.105. The molecule has 0 bridgehead atoms. The van der Waals surface area contributed by atoms with Gasteiger partial charge in [-0.2, -0.15) is 0 Å². The average molecular weight is 374 g/mol. The van der Waals surface area contributed by atoms with Gasteiger partial charge in [-0.15, -0.1) is 0 Å². The summed E-state index contributed by atoms with van der Waals surface area (Å²) in [5.41, 5.74) is 1.26. The molecule has 2 aromatic carbocycles. The van der Waals surface area contributed by atoms with E-state index in [-0.39, 0.29) is 29.7 Å². The number of nitrogens with zero attached hydrogens (tertiary/aromatic N) is 1. The maximum atomic E-state index is 13.1. The average Bonchev–Trinajstić information content (AvgIpc) is 3.48. The second-order valence-electron chi connectivity index (χ2n) is 6.60. The van der Waals surface area contributed by atoms with Gasteiger partial charge in [0.1, 0.15) is 18.1 Å². The second-order valence-corrected chi connectivity index (χ2v) is 6.60. The maximum Gasteiger partial charge on any atom is 0.279 e. The van der Waals surface area contributed by atoms with Crippen LogP contribution in [0.4, 0.5) is 15.8 Å². The molecule has 7 nitrogen and oxygen atoms in total. The van der Waals surface area contributed by atoms with Gasteiger partial charge in [-0.3, -0.25) is 14.9 Å². The summed E-state index contributed by atoms with van der Waals surface area (Å²) in [5.74, 6) is -0.245. The number of ether oxygens (including phenoxy) is 1. The molecular weight excluding hydrogens is 353 g/mol. The molecule has 0 heterocycles. The van der Waals surface area contributed by atoms with Crippen molar-refractivity contribution >= 4 is 17.3 Å². The molecule has 142 valence electrons. The Morgan fingerprint density at radius 2 is 2.00 bits per heavy atom. The number of non-ortho nitro benzene ring substituents is 1. The summed E-state index contributed by atoms with van der Waals surface area (Å²) >= 11 is 0. The van der Waals surface area contributed by atoms with Gasteiger partial charge in [0.05, 0.1) is 29.8 Å². The molecule has 2 aromatic rings. The molecule has 1 amide bonds. The minimum atomic E-state index is -0.518. The maximum absolute atomic E-state index is 13.1. The number of nitrogens with one attached hydrogen (secondary N) is 2. The molecule has 27 heavy (non-hydrogen) atoms. The predicted molar refractivity (Wildman–Crippen MR) is 97.2 cm³/mol. The predicted octanol–water partition coefficient (Wildman–Crippen LogP) is 1.93. The van der Waals surface area contributed by atoms with Crippen molar-refractivity contribution in [1.82, 2.24) is 0 Å². The first kappa shape index (κ1) is 18.8. The first-order chi connectivity index (χ1) is 13.0. The summed E-state index contributed by atoms with van der Waals surface area (Å²) in [7, 11) is 1.39. The van der Waals surface area contributed by atoms with E-state index < -0.39 is 4.92 Å². The Balaban J connectivity index is 1.66. The van der Waals surface area contributed by atoms with Gasteiger partial charge < -0.3 is 15.0 Å². The van der Waals surface area contributed by atoms with Crippen molar-refractivity contribution in [2.75, 3.05) is 19.0 Å². The van der Waals surface area contributed by atoms with Crippen molar-refractivity contribution in [2.24, 2.45) is 0 Å². The zero-order valence-corrected chi connectivity index (χ0v) is 14.9. The summed E-state index contributed by atoms with van der Waals surface area (Å²) in [6, 6.07) is 10.8. The molecule has 1 atom stereocenters. The van der Waals surface area contributed by atoms with Crippen LogP contribution < -0.4 is 15.0 Å². The third-order valence-corrected chi connectivity index (χ3v) is 4.56. The van der Waals surface area contributed by atoms with Crippen LogP contribution in [-0.2, 0) is 11.3 Å². The highest BCUT2D eigenvalue weighted by Gasteiger charge is 2.34. The SMILES string of the molecule is COc1cc([N+](=O)[O-])ccc1NC(=O)C[NH+](Cc1ccc(F)cc1)C1CC1. The minimum Gasteiger partial charge on any atom is -0.494 e. The van der Waals surface area contributed by atoms with Gasteiger partial charge in [0, 0.05) is 24.5 Å². The molecule has 8 heteroatoms. The number of nitro groups is 1. The third kappa shape index (κ3) is 5.01. The molecule has 0 saturated heterocycles. The monoisotopic (exact) mass is 374 g/mol. The fourth-order valence-corrected chi connectivity index (χ4v) is 3.00. The molecule has 0 radical (unpaired) electrons. The summed E-state index contributed by atoms with van der Waals surface area (Å²) in [4.78, 5) is 24.0. The number of rotatable bonds is 8. The highest BCUT2D eigenvalue weighted by molar-refractivity contribution is 5.93. The van der Waals surface area contributed by atoms with E-state index in [1.807, 2.05) is 0 Å². The van der Waals surface area contributed by atoms with E-state index >= 15 is 0 Å². The molecule has 1 aliphatic carbocycles. The van der Waals surface area contributed by atoms with Crippen LogP contribution in [0.25, 0.3) is 0 Å². The van der Waals surface area contributed by atoms with E-state index in [9.17, 15) is 19.3 Å². The molecule has 1 unspecified atom stereocenters. The number of methoxy groups -OCH3 is 1. The van der Waals surface area contributed by atoms with Crippen LogP contribution in [-0.4, -0.2) is 30.5 Å². The molecule has 1 aliphatic rings. The number of hydrogen-bond acceptors (Lipinski definition) is 4. The molecule has 2 N–H and O–H groups in total. The lowest BCUT2D eigenvalue weighted by Gasteiger charge is -2.19. The lowest BCUT2D eigenvalue weighted by Crippen LogP contribution is -3.13. The molecule has 0 aliphatic heterocycles. The number of hydrogen-bond donors (Lipinski definition) is 2. The Kier molecular flexibility index (Phi) is 5.66. The third-order valence-electron chi connectivity index (χ3n) is 4.56. The standard InChI is InChI=1S/C19H20FN3O4/c1-27-18-10-16(23(25)26)8-9-17(18)21-19(24)12-22(15-6-7-15)11-13-2-4-14(20)5-3-13/h2-5,8-10,15H,6-7,11-12H2,1H3,(H,21,24)/p+1. The number of nitro benzene ring substituents is 1. The van der Waals surface area contributed by atoms with Crippen LogP contribution in [0.3, 0.4) is 0 Å². The topological polar surface area (TPSA) is 85.9 Å². The summed E-state index contributed by atoms with van der Waals surface area (Å²) in [6.07, 6.45) is 2.12. The Morgan fingerprint density at radius 3 is 2.59 bits per heavy atom. The summed E-state index contributed by atoms with van der Waals surface area (Å²) in [5, 5.41) is 13.6. The first-order valence-corrected chi connectivity index (χ1v) is 8.67. The number of carbonyl (C=O) groups is 1. The Labute approximate surface area is 155 Å². The number of benzene rings is 2. The van der Waals surface area contributed by atoms with Crippen molar-refractivity contribution in [3.63, 3.8) is 0 Å². The van der Waals surface area contributed by atoms with E-state index in [1.54, 1.807) is 12.1 Å². The van der Waals surface area contributed by atoms with Crippen LogP contribution in [0.2, 0.25) is 0 Å². The van der Waals surface area contributed by atoms with Crippen molar-refractivity contribution in [1.29, 1.82) is 0 Å². The highest BCUT2D eigenvalue weighted by atomic mass is 19.1. The van der Waals surface area contributed by atoms with Gasteiger partial charge in [0.25, 0.3) is 11.6 Å². The normalized spacial score (nSPS) is 14.4. The molecule has 0 spiro atoms. The smallest absolute Gasteiger partial charge is 0.279 e. The zero-order valence-electron chi connectivity index (χ0n) is 14.9. The van der Waals surface area contributed by atoms with Crippen molar-refractivity contribution in [2.45, 2.75) is 25.4 Å².